The summed E-state index contributed by atoms with van der Waals surface area (Å²) >= 11 is 0. The van der Waals surface area contributed by atoms with E-state index in [1.54, 1.807) is 0 Å². The van der Waals surface area contributed by atoms with Crippen molar-refractivity contribution in [3.63, 3.8) is 0 Å². The monoisotopic (exact) mass is 170 g/mol. The predicted molar refractivity (Wildman–Crippen MR) is 48.1 cm³/mol. The topological polar surface area (TPSA) is 46.5 Å². The van der Waals surface area contributed by atoms with Gasteiger partial charge in [0, 0.05) is 6.61 Å². The zero-order chi connectivity index (χ0) is 8.97. The highest BCUT2D eigenvalue weighted by atomic mass is 16.5. The molecule has 1 rings (SSSR count). The maximum atomic E-state index is 10.7. The van der Waals surface area contributed by atoms with Crippen molar-refractivity contribution < 1.29 is 14.6 Å². The van der Waals surface area contributed by atoms with Crippen LogP contribution in [0, 0.1) is 5.92 Å². The van der Waals surface area contributed by atoms with E-state index in [1.165, 1.54) is 0 Å². The van der Waals surface area contributed by atoms with Crippen LogP contribution in [0.1, 0.15) is 19.3 Å². The van der Waals surface area contributed by atoms with Crippen molar-refractivity contribution in [2.45, 2.75) is 31.7 Å². The number of carboxylic acids is 1. The Labute approximate surface area is 73.5 Å². The van der Waals surface area contributed by atoms with Gasteiger partial charge in [-0.05, 0) is 12.8 Å². The van der Waals surface area contributed by atoms with Crippen LogP contribution < -0.4 is 0 Å². The fourth-order valence-corrected chi connectivity index (χ4v) is 1.62. The van der Waals surface area contributed by atoms with Crippen molar-refractivity contribution in [3.05, 3.63) is 0 Å². The Balaban J connectivity index is 2.35. The third-order valence-corrected chi connectivity index (χ3v) is 2.37. The van der Waals surface area contributed by atoms with E-state index < -0.39 is 5.97 Å². The van der Waals surface area contributed by atoms with Crippen LogP contribution in [0.25, 0.3) is 0 Å². The molecule has 0 saturated carbocycles. The smallest absolute Gasteiger partial charge is 0.309 e. The summed E-state index contributed by atoms with van der Waals surface area (Å²) < 4.78 is 5.35. The van der Waals surface area contributed by atoms with Gasteiger partial charge in [-0.2, -0.15) is 0 Å². The van der Waals surface area contributed by atoms with Gasteiger partial charge < -0.3 is 9.84 Å². The molecule has 3 nitrogen and oxygen atoms in total. The van der Waals surface area contributed by atoms with Gasteiger partial charge in [0.2, 0.25) is 0 Å². The molecule has 0 bridgehead atoms. The van der Waals surface area contributed by atoms with E-state index in [9.17, 15) is 4.79 Å². The number of carbonyl (C=O) groups is 1. The summed E-state index contributed by atoms with van der Waals surface area (Å²) in [5.41, 5.74) is 0. The number of aliphatic carboxylic acids is 1. The molecule has 0 aromatic rings. The Kier molecular flexibility index (Phi) is 3.60. The summed E-state index contributed by atoms with van der Waals surface area (Å²) in [6.45, 7) is 0.616. The van der Waals surface area contributed by atoms with Crippen LogP contribution in [0.3, 0.4) is 0 Å². The Hall–Kier alpha value is -0.505. The molecular weight excluding hydrogens is 155 g/mol. The van der Waals surface area contributed by atoms with Gasteiger partial charge in [0.15, 0.2) is 0 Å². The van der Waals surface area contributed by atoms with E-state index in [0.29, 0.717) is 13.0 Å². The second kappa shape index (κ2) is 4.50. The van der Waals surface area contributed by atoms with E-state index in [4.69, 9.17) is 9.84 Å². The van der Waals surface area contributed by atoms with Gasteiger partial charge in [-0.15, -0.1) is 0 Å². The first kappa shape index (κ1) is 9.58. The molecule has 12 heavy (non-hydrogen) atoms. The highest BCUT2D eigenvalue weighted by Crippen LogP contribution is 2.24. The molecular formula is C8H15BO3. The highest BCUT2D eigenvalue weighted by Gasteiger charge is 2.33. The Morgan fingerprint density at radius 1 is 1.67 bits per heavy atom. The second-order valence-corrected chi connectivity index (χ2v) is 3.28. The maximum absolute atomic E-state index is 10.7. The molecule has 0 amide bonds. The van der Waals surface area contributed by atoms with Crippen molar-refractivity contribution in [1.29, 1.82) is 0 Å². The first-order chi connectivity index (χ1) is 5.75. The minimum absolute atomic E-state index is 0.0255. The molecule has 2 atom stereocenters. The number of rotatable bonds is 4. The number of ether oxygens (including phenoxy) is 1. The van der Waals surface area contributed by atoms with Gasteiger partial charge >= 0.3 is 5.97 Å². The highest BCUT2D eigenvalue weighted by molar-refractivity contribution is 6.08. The minimum Gasteiger partial charge on any atom is -0.481 e. The van der Waals surface area contributed by atoms with E-state index >= 15 is 0 Å². The fourth-order valence-electron chi connectivity index (χ4n) is 1.62. The van der Waals surface area contributed by atoms with Crippen molar-refractivity contribution in [2.75, 3.05) is 6.61 Å². The van der Waals surface area contributed by atoms with Crippen LogP contribution in [0.2, 0.25) is 6.32 Å². The molecule has 0 unspecified atom stereocenters. The molecule has 4 heteroatoms. The number of hydrogen-bond donors (Lipinski definition) is 1. The molecule has 1 fully saturated rings. The maximum Gasteiger partial charge on any atom is 0.309 e. The zero-order valence-corrected chi connectivity index (χ0v) is 7.45. The van der Waals surface area contributed by atoms with Crippen LogP contribution in [0.15, 0.2) is 0 Å². The molecule has 1 N–H and O–H groups in total. The average molecular weight is 170 g/mol. The van der Waals surface area contributed by atoms with E-state index in [0.717, 1.165) is 19.2 Å². The lowest BCUT2D eigenvalue weighted by Gasteiger charge is -2.13. The molecule has 0 aromatic heterocycles. The molecule has 0 aromatic carbocycles. The standard InChI is InChI=1S/C8H15BO3/c9-4-1-2-7-6(8(10)11)3-5-12-7/h6-7H,1-5,9H2,(H,10,11)/t6-,7-/m1/s1. The molecule has 0 radical (unpaired) electrons. The summed E-state index contributed by atoms with van der Waals surface area (Å²) in [4.78, 5) is 10.7. The quantitative estimate of drug-likeness (QED) is 0.617. The van der Waals surface area contributed by atoms with Crippen LogP contribution in [-0.2, 0) is 9.53 Å². The lowest BCUT2D eigenvalue weighted by molar-refractivity contribution is -0.143. The largest absolute Gasteiger partial charge is 0.481 e. The summed E-state index contributed by atoms with van der Waals surface area (Å²) in [5, 5.41) is 8.80. The van der Waals surface area contributed by atoms with Gasteiger partial charge in [-0.25, -0.2) is 0 Å². The molecule has 1 aliphatic rings. The minimum atomic E-state index is -0.700. The van der Waals surface area contributed by atoms with Gasteiger partial charge in [0.1, 0.15) is 7.85 Å². The van der Waals surface area contributed by atoms with Gasteiger partial charge in [-0.1, -0.05) is 12.7 Å². The lowest BCUT2D eigenvalue weighted by atomic mass is 9.93. The summed E-state index contributed by atoms with van der Waals surface area (Å²) in [6.07, 6.45) is 3.72. The third kappa shape index (κ3) is 2.24. The van der Waals surface area contributed by atoms with E-state index in [1.807, 2.05) is 0 Å². The fraction of sp³-hybridized carbons (Fsp3) is 0.875. The van der Waals surface area contributed by atoms with E-state index in [-0.39, 0.29) is 12.0 Å². The van der Waals surface area contributed by atoms with Crippen LogP contribution in [0.4, 0.5) is 0 Å². The number of carboxylic acid groups (broad SMARTS) is 1. The summed E-state index contributed by atoms with van der Waals surface area (Å²) in [5.74, 6) is -0.954. The Morgan fingerprint density at radius 2 is 2.42 bits per heavy atom. The summed E-state index contributed by atoms with van der Waals surface area (Å²) in [6, 6.07) is 0. The molecule has 1 aliphatic heterocycles. The van der Waals surface area contributed by atoms with Crippen LogP contribution in [0.5, 0.6) is 0 Å². The van der Waals surface area contributed by atoms with E-state index in [2.05, 4.69) is 7.85 Å². The van der Waals surface area contributed by atoms with Gasteiger partial charge in [0.05, 0.1) is 12.0 Å². The Morgan fingerprint density at radius 3 is 3.00 bits per heavy atom. The average Bonchev–Trinajstić information content (AvgIpc) is 2.48. The van der Waals surface area contributed by atoms with Crippen molar-refractivity contribution >= 4 is 13.8 Å². The van der Waals surface area contributed by atoms with Crippen LogP contribution >= 0.6 is 0 Å². The molecule has 0 spiro atoms. The first-order valence-electron chi connectivity index (χ1n) is 4.60. The van der Waals surface area contributed by atoms with Crippen LogP contribution in [-0.4, -0.2) is 31.6 Å². The third-order valence-electron chi connectivity index (χ3n) is 2.37. The lowest BCUT2D eigenvalue weighted by Crippen LogP contribution is -2.23. The van der Waals surface area contributed by atoms with Gasteiger partial charge in [0.25, 0.3) is 0 Å². The Bertz CT molecular complexity index is 160. The SMILES string of the molecule is BCCC[C@H]1OCC[C@H]1C(=O)O. The van der Waals surface area contributed by atoms with Gasteiger partial charge in [-0.3, -0.25) is 4.79 Å². The normalized spacial score (nSPS) is 29.0. The predicted octanol–water partition coefficient (Wildman–Crippen LogP) is 0.308. The molecule has 1 saturated heterocycles. The van der Waals surface area contributed by atoms with Crippen molar-refractivity contribution in [1.82, 2.24) is 0 Å². The van der Waals surface area contributed by atoms with Crippen molar-refractivity contribution in [2.24, 2.45) is 5.92 Å². The molecule has 1 heterocycles. The zero-order valence-electron chi connectivity index (χ0n) is 7.45. The van der Waals surface area contributed by atoms with Crippen molar-refractivity contribution in [3.8, 4) is 0 Å². The first-order valence-corrected chi connectivity index (χ1v) is 4.60. The molecule has 0 aliphatic carbocycles. The summed E-state index contributed by atoms with van der Waals surface area (Å²) in [7, 11) is 2.10. The second-order valence-electron chi connectivity index (χ2n) is 3.28. The molecule has 68 valence electrons. The number of hydrogen-bond acceptors (Lipinski definition) is 2.